The lowest BCUT2D eigenvalue weighted by atomic mass is 10.3. The van der Waals surface area contributed by atoms with Gasteiger partial charge in [-0.3, -0.25) is 0 Å². The molecule has 0 aromatic heterocycles. The largest absolute Gasteiger partial charge is 0.516 e. The van der Waals surface area contributed by atoms with Gasteiger partial charge in [-0.25, -0.2) is 4.79 Å². The van der Waals surface area contributed by atoms with Crippen LogP contribution in [0.5, 0.6) is 5.75 Å². The van der Waals surface area contributed by atoms with E-state index in [1.165, 1.54) is 0 Å². The monoisotopic (exact) mass is 228 g/mol. The summed E-state index contributed by atoms with van der Waals surface area (Å²) >= 11 is 0. The molecule has 0 aliphatic rings. The Hall–Kier alpha value is -1.54. The van der Waals surface area contributed by atoms with Crippen molar-refractivity contribution in [2.45, 2.75) is 0 Å². The molecule has 1 rings (SSSR count). The molecule has 2 N–H and O–H groups in total. The van der Waals surface area contributed by atoms with Crippen LogP contribution >= 0.6 is 9.24 Å². The van der Waals surface area contributed by atoms with Crippen LogP contribution in [0.4, 0.5) is 0 Å². The first-order valence-electron chi connectivity index (χ1n) is 4.05. The van der Waals surface area contributed by atoms with E-state index in [0.717, 1.165) is 11.6 Å². The van der Waals surface area contributed by atoms with Gasteiger partial charge < -0.3 is 14.9 Å². The minimum Gasteiger partial charge on any atom is -0.516 e. The lowest BCUT2D eigenvalue weighted by Gasteiger charge is -2.01. The standard InChI is InChI=1S/C8H9O3P.C2H4O/c9-8(10)5-11-6-1-3-7(12)4-2-6;1-2-3/h1-4H,5,12H2,(H,9,10);2-3H,1H2. The molecular formula is C10H13O4P. The number of hydrogen-bond acceptors (Lipinski definition) is 3. The summed E-state index contributed by atoms with van der Waals surface area (Å²) in [5.74, 6) is -0.395. The highest BCUT2D eigenvalue weighted by Gasteiger charge is 1.97. The number of ether oxygens (including phenoxy) is 1. The first kappa shape index (κ1) is 13.5. The summed E-state index contributed by atoms with van der Waals surface area (Å²) in [6.07, 6.45) is 0.750. The molecule has 1 aromatic rings. The van der Waals surface area contributed by atoms with E-state index in [0.29, 0.717) is 5.75 Å². The molecule has 82 valence electrons. The van der Waals surface area contributed by atoms with E-state index in [-0.39, 0.29) is 6.61 Å². The predicted octanol–water partition coefficient (Wildman–Crippen LogP) is 1.34. The normalized spacial score (nSPS) is 8.33. The molecule has 1 atom stereocenters. The van der Waals surface area contributed by atoms with Crippen LogP contribution in [-0.2, 0) is 4.79 Å². The highest BCUT2D eigenvalue weighted by molar-refractivity contribution is 7.27. The summed E-state index contributed by atoms with van der Waals surface area (Å²) in [4.78, 5) is 10.1. The second-order valence-electron chi connectivity index (χ2n) is 2.43. The van der Waals surface area contributed by atoms with Gasteiger partial charge in [0, 0.05) is 0 Å². The van der Waals surface area contributed by atoms with Crippen molar-refractivity contribution >= 4 is 20.5 Å². The van der Waals surface area contributed by atoms with Gasteiger partial charge in [0.1, 0.15) is 5.75 Å². The second kappa shape index (κ2) is 7.83. The van der Waals surface area contributed by atoms with Crippen LogP contribution < -0.4 is 10.0 Å². The number of carboxylic acid groups (broad SMARTS) is 1. The molecule has 4 nitrogen and oxygen atoms in total. The molecule has 0 aliphatic heterocycles. The molecule has 0 spiro atoms. The number of aliphatic hydroxyl groups excluding tert-OH is 1. The van der Waals surface area contributed by atoms with Crippen LogP contribution in [0.3, 0.4) is 0 Å². The van der Waals surface area contributed by atoms with Crippen LogP contribution in [0, 0.1) is 0 Å². The number of hydrogen-bond donors (Lipinski definition) is 2. The first-order chi connectivity index (χ1) is 7.10. The maximum Gasteiger partial charge on any atom is 0.341 e. The van der Waals surface area contributed by atoms with Crippen LogP contribution in [0.1, 0.15) is 0 Å². The third-order valence-electron chi connectivity index (χ3n) is 1.24. The lowest BCUT2D eigenvalue weighted by Crippen LogP contribution is -2.09. The van der Waals surface area contributed by atoms with Gasteiger partial charge in [-0.15, -0.1) is 9.24 Å². The Kier molecular flexibility index (Phi) is 7.02. The summed E-state index contributed by atoms with van der Waals surface area (Å²) in [7, 11) is 2.53. The minimum absolute atomic E-state index is 0.295. The highest BCUT2D eigenvalue weighted by atomic mass is 31.0. The smallest absolute Gasteiger partial charge is 0.341 e. The van der Waals surface area contributed by atoms with Crippen molar-refractivity contribution in [3.8, 4) is 5.75 Å². The quantitative estimate of drug-likeness (QED) is 0.605. The van der Waals surface area contributed by atoms with Crippen LogP contribution in [0.15, 0.2) is 37.1 Å². The zero-order chi connectivity index (χ0) is 11.7. The lowest BCUT2D eigenvalue weighted by molar-refractivity contribution is -0.139. The van der Waals surface area contributed by atoms with E-state index in [4.69, 9.17) is 14.9 Å². The van der Waals surface area contributed by atoms with Crippen molar-refractivity contribution in [3.05, 3.63) is 37.1 Å². The molecule has 0 amide bonds. The number of benzene rings is 1. The van der Waals surface area contributed by atoms with Crippen molar-refractivity contribution < 1.29 is 19.7 Å². The third kappa shape index (κ3) is 7.52. The average molecular weight is 228 g/mol. The second-order valence-corrected chi connectivity index (χ2v) is 3.10. The van der Waals surface area contributed by atoms with Gasteiger partial charge in [0.15, 0.2) is 6.61 Å². The van der Waals surface area contributed by atoms with Crippen LogP contribution in [0.2, 0.25) is 0 Å². The van der Waals surface area contributed by atoms with Gasteiger partial charge in [0.25, 0.3) is 0 Å². The molecule has 0 bridgehead atoms. The van der Waals surface area contributed by atoms with E-state index in [9.17, 15) is 4.79 Å². The topological polar surface area (TPSA) is 66.8 Å². The van der Waals surface area contributed by atoms with E-state index in [1.807, 2.05) is 12.1 Å². The summed E-state index contributed by atoms with van der Waals surface area (Å²) < 4.78 is 4.91. The van der Waals surface area contributed by atoms with Crippen molar-refractivity contribution in [1.82, 2.24) is 0 Å². The Bertz CT molecular complexity index is 308. The summed E-state index contributed by atoms with van der Waals surface area (Å²) in [6, 6.07) is 7.13. The van der Waals surface area contributed by atoms with Crippen molar-refractivity contribution in [2.24, 2.45) is 0 Å². The number of carboxylic acids is 1. The zero-order valence-electron chi connectivity index (χ0n) is 8.09. The number of aliphatic carboxylic acids is 1. The Morgan fingerprint density at radius 2 is 1.93 bits per heavy atom. The van der Waals surface area contributed by atoms with Crippen LogP contribution in [-0.4, -0.2) is 22.8 Å². The third-order valence-corrected chi connectivity index (χ3v) is 1.63. The molecule has 0 aliphatic carbocycles. The van der Waals surface area contributed by atoms with E-state index in [1.54, 1.807) is 12.1 Å². The Labute approximate surface area is 90.4 Å². The Balaban J connectivity index is 0.000000583. The maximum atomic E-state index is 10.1. The van der Waals surface area contributed by atoms with Gasteiger partial charge >= 0.3 is 5.97 Å². The molecule has 0 fully saturated rings. The van der Waals surface area contributed by atoms with Gasteiger partial charge in [0.2, 0.25) is 0 Å². The molecule has 0 saturated heterocycles. The van der Waals surface area contributed by atoms with Gasteiger partial charge in [0.05, 0.1) is 6.26 Å². The number of rotatable bonds is 3. The van der Waals surface area contributed by atoms with Gasteiger partial charge in [-0.05, 0) is 17.4 Å². The molecule has 5 heteroatoms. The molecule has 15 heavy (non-hydrogen) atoms. The van der Waals surface area contributed by atoms with Crippen molar-refractivity contribution in [1.29, 1.82) is 0 Å². The van der Waals surface area contributed by atoms with E-state index >= 15 is 0 Å². The Morgan fingerprint density at radius 1 is 1.47 bits per heavy atom. The summed E-state index contributed by atoms with van der Waals surface area (Å²) in [5.41, 5.74) is 0. The van der Waals surface area contributed by atoms with E-state index < -0.39 is 5.97 Å². The van der Waals surface area contributed by atoms with Gasteiger partial charge in [-0.2, -0.15) is 0 Å². The fourth-order valence-corrected chi connectivity index (χ4v) is 0.902. The summed E-state index contributed by atoms with van der Waals surface area (Å²) in [6.45, 7) is 2.62. The Morgan fingerprint density at radius 3 is 2.33 bits per heavy atom. The molecule has 1 aromatic carbocycles. The summed E-state index contributed by atoms with van der Waals surface area (Å²) in [5, 5.41) is 16.7. The fraction of sp³-hybridized carbons (Fsp3) is 0.100. The SMILES string of the molecule is C=CO.O=C(O)COc1ccc(P)cc1. The van der Waals surface area contributed by atoms with Gasteiger partial charge in [-0.1, -0.05) is 18.7 Å². The minimum atomic E-state index is -0.968. The van der Waals surface area contributed by atoms with E-state index in [2.05, 4.69) is 15.8 Å². The molecule has 0 radical (unpaired) electrons. The fourth-order valence-electron chi connectivity index (χ4n) is 0.709. The molecular weight excluding hydrogens is 215 g/mol. The highest BCUT2D eigenvalue weighted by Crippen LogP contribution is 2.07. The molecule has 0 heterocycles. The predicted molar refractivity (Wildman–Crippen MR) is 61.7 cm³/mol. The maximum absolute atomic E-state index is 10.1. The number of carbonyl (C=O) groups is 1. The average Bonchev–Trinajstić information content (AvgIpc) is 2.18. The van der Waals surface area contributed by atoms with Crippen molar-refractivity contribution in [3.63, 3.8) is 0 Å². The zero-order valence-corrected chi connectivity index (χ0v) is 9.24. The number of aliphatic hydroxyl groups is 1. The van der Waals surface area contributed by atoms with Crippen LogP contribution in [0.25, 0.3) is 0 Å². The first-order valence-corrected chi connectivity index (χ1v) is 4.63. The van der Waals surface area contributed by atoms with Crippen molar-refractivity contribution in [2.75, 3.05) is 6.61 Å². The molecule has 0 saturated carbocycles. The molecule has 1 unspecified atom stereocenters.